The highest BCUT2D eigenvalue weighted by atomic mass is 16.5. The van der Waals surface area contributed by atoms with Crippen LogP contribution >= 0.6 is 0 Å². The van der Waals surface area contributed by atoms with E-state index in [2.05, 4.69) is 19.2 Å². The van der Waals surface area contributed by atoms with Gasteiger partial charge in [0.2, 0.25) is 0 Å². The number of carbonyl (C=O) groups is 4. The molecule has 0 bridgehead atoms. The Hall–Kier alpha value is -5.77. The predicted molar refractivity (Wildman–Crippen MR) is 207 cm³/mol. The Labute approximate surface area is 310 Å². The van der Waals surface area contributed by atoms with Crippen LogP contribution < -0.4 is 10.1 Å². The van der Waals surface area contributed by atoms with Gasteiger partial charge in [-0.05, 0) is 73.5 Å². The maximum Gasteiger partial charge on any atom is 0.274 e. The molecule has 0 spiro atoms. The molecule has 3 amide bonds. The molecule has 4 aromatic carbocycles. The Balaban J connectivity index is 1.33. The van der Waals surface area contributed by atoms with Gasteiger partial charge in [0.15, 0.2) is 18.1 Å². The molecule has 53 heavy (non-hydrogen) atoms. The van der Waals surface area contributed by atoms with Gasteiger partial charge in [-0.1, -0.05) is 87.4 Å². The topological polar surface area (TPSA) is 114 Å². The summed E-state index contributed by atoms with van der Waals surface area (Å²) in [5.41, 5.74) is 4.02. The molecule has 0 fully saturated rings. The third-order valence-corrected chi connectivity index (χ3v) is 9.78. The molecule has 0 radical (unpaired) electrons. The van der Waals surface area contributed by atoms with E-state index in [4.69, 9.17) is 9.84 Å². The number of amides is 3. The van der Waals surface area contributed by atoms with E-state index in [1.54, 1.807) is 33.8 Å². The van der Waals surface area contributed by atoms with E-state index in [0.29, 0.717) is 48.0 Å². The average molecular weight is 714 g/mol. The number of Topliss-reactive ketones (excluding diaryl/α,β-unsaturated/α-hetero) is 1. The van der Waals surface area contributed by atoms with E-state index in [9.17, 15) is 19.2 Å². The summed E-state index contributed by atoms with van der Waals surface area (Å²) in [5.74, 6) is -0.464. The van der Waals surface area contributed by atoms with Crippen molar-refractivity contribution in [2.75, 3.05) is 25.0 Å². The second-order valence-electron chi connectivity index (χ2n) is 13.7. The van der Waals surface area contributed by atoms with Crippen LogP contribution in [0.2, 0.25) is 0 Å². The predicted octanol–water partition coefficient (Wildman–Crippen LogP) is 7.55. The quantitative estimate of drug-likeness (QED) is 0.127. The third-order valence-electron chi connectivity index (χ3n) is 9.78. The number of nitrogens with one attached hydrogen (secondary N) is 1. The molecule has 0 saturated heterocycles. The number of fused-ring (bicyclic) bond motifs is 2. The third kappa shape index (κ3) is 8.32. The second-order valence-corrected chi connectivity index (χ2v) is 13.7. The van der Waals surface area contributed by atoms with Gasteiger partial charge >= 0.3 is 0 Å². The van der Waals surface area contributed by atoms with Crippen molar-refractivity contribution >= 4 is 40.0 Å². The first-order valence-corrected chi connectivity index (χ1v) is 18.5. The van der Waals surface area contributed by atoms with Gasteiger partial charge in [-0.3, -0.25) is 19.2 Å². The minimum absolute atomic E-state index is 0.119. The Morgan fingerprint density at radius 1 is 0.868 bits per heavy atom. The van der Waals surface area contributed by atoms with Crippen molar-refractivity contribution < 1.29 is 23.9 Å². The molecule has 10 heteroatoms. The summed E-state index contributed by atoms with van der Waals surface area (Å²) in [5, 5.41) is 9.54. The number of rotatable bonds is 14. The summed E-state index contributed by atoms with van der Waals surface area (Å²) in [4.78, 5) is 58.2. The van der Waals surface area contributed by atoms with Crippen molar-refractivity contribution in [2.45, 2.75) is 72.4 Å². The van der Waals surface area contributed by atoms with Gasteiger partial charge in [-0.2, -0.15) is 5.10 Å². The second kappa shape index (κ2) is 16.7. The van der Waals surface area contributed by atoms with Gasteiger partial charge in [0.1, 0.15) is 5.75 Å². The summed E-state index contributed by atoms with van der Waals surface area (Å²) in [6.07, 6.45) is 4.12. The number of hydrogen-bond acceptors (Lipinski definition) is 6. The standard InChI is InChI=1S/C43H47N5O5/c1-5-7-22-46(23-8-6-2)43(52)37-24-29(3)48(45-37)38-21-20-34(44-41(50)28-53-40-19-13-17-31-14-11-12-18-35(31)40)26-36(38)42(51)47-27-33-16-10-9-15-32(33)25-39(47)30(4)49/h9-21,24,26,39H,5-8,22-23,25,27-28H2,1-4H3,(H,44,50). The van der Waals surface area contributed by atoms with Gasteiger partial charge < -0.3 is 19.9 Å². The molecule has 5 aromatic rings. The number of benzene rings is 4. The van der Waals surface area contributed by atoms with E-state index in [1.165, 1.54) is 6.92 Å². The molecule has 1 aromatic heterocycles. The van der Waals surface area contributed by atoms with Crippen LogP contribution in [0.4, 0.5) is 5.69 Å². The number of ketones is 1. The highest BCUT2D eigenvalue weighted by Gasteiger charge is 2.35. The fourth-order valence-electron chi connectivity index (χ4n) is 6.88. The van der Waals surface area contributed by atoms with Gasteiger partial charge in [0, 0.05) is 42.8 Å². The summed E-state index contributed by atoms with van der Waals surface area (Å²) in [6, 6.07) is 27.4. The smallest absolute Gasteiger partial charge is 0.274 e. The Morgan fingerprint density at radius 2 is 1.57 bits per heavy atom. The maximum atomic E-state index is 14.7. The van der Waals surface area contributed by atoms with Gasteiger partial charge in [-0.25, -0.2) is 4.68 Å². The van der Waals surface area contributed by atoms with Crippen LogP contribution in [0, 0.1) is 6.92 Å². The van der Waals surface area contributed by atoms with Crippen molar-refractivity contribution in [1.29, 1.82) is 0 Å². The first-order chi connectivity index (χ1) is 25.7. The zero-order chi connectivity index (χ0) is 37.5. The normalized spacial score (nSPS) is 13.7. The lowest BCUT2D eigenvalue weighted by Crippen LogP contribution is -2.48. The number of nitrogens with zero attached hydrogens (tertiary/aromatic N) is 4. The fraction of sp³-hybridized carbons (Fsp3) is 0.326. The summed E-state index contributed by atoms with van der Waals surface area (Å²) < 4.78 is 7.53. The zero-order valence-corrected chi connectivity index (χ0v) is 30.9. The molecule has 0 saturated carbocycles. The molecule has 1 atom stereocenters. The van der Waals surface area contributed by atoms with Gasteiger partial charge in [-0.15, -0.1) is 0 Å². The lowest BCUT2D eigenvalue weighted by Gasteiger charge is -2.36. The molecule has 2 heterocycles. The highest BCUT2D eigenvalue weighted by molar-refractivity contribution is 6.03. The number of ether oxygens (including phenoxy) is 1. The number of hydrogen-bond donors (Lipinski definition) is 1. The van der Waals surface area contributed by atoms with E-state index < -0.39 is 11.9 Å². The zero-order valence-electron chi connectivity index (χ0n) is 30.9. The maximum absolute atomic E-state index is 14.7. The van der Waals surface area contributed by atoms with Crippen molar-refractivity contribution in [3.05, 3.63) is 119 Å². The lowest BCUT2D eigenvalue weighted by atomic mass is 9.91. The fourth-order valence-corrected chi connectivity index (χ4v) is 6.88. The molecule has 1 unspecified atom stereocenters. The monoisotopic (exact) mass is 713 g/mol. The van der Waals surface area contributed by atoms with E-state index >= 15 is 0 Å². The van der Waals surface area contributed by atoms with Crippen LogP contribution in [0.3, 0.4) is 0 Å². The van der Waals surface area contributed by atoms with E-state index in [1.807, 2.05) is 78.6 Å². The number of unbranched alkanes of at least 4 members (excludes halogenated alkanes) is 2. The lowest BCUT2D eigenvalue weighted by molar-refractivity contribution is -0.122. The van der Waals surface area contributed by atoms with Gasteiger partial charge in [0.05, 0.1) is 17.3 Å². The van der Waals surface area contributed by atoms with Crippen molar-refractivity contribution in [3.63, 3.8) is 0 Å². The average Bonchev–Trinajstić information content (AvgIpc) is 3.56. The van der Waals surface area contributed by atoms with Crippen LogP contribution in [0.5, 0.6) is 5.75 Å². The van der Waals surface area contributed by atoms with Crippen LogP contribution in [0.15, 0.2) is 91.0 Å². The molecule has 6 rings (SSSR count). The van der Waals surface area contributed by atoms with Crippen molar-refractivity contribution in [2.24, 2.45) is 0 Å². The Kier molecular flexibility index (Phi) is 11.7. The number of anilines is 1. The largest absolute Gasteiger partial charge is 0.483 e. The number of aryl methyl sites for hydroxylation is 1. The molecular formula is C43H47N5O5. The number of carbonyl (C=O) groups excluding carboxylic acids is 4. The van der Waals surface area contributed by atoms with Crippen LogP contribution in [0.1, 0.15) is 84.1 Å². The minimum atomic E-state index is -0.667. The molecule has 10 nitrogen and oxygen atoms in total. The molecule has 1 N–H and O–H groups in total. The van der Waals surface area contributed by atoms with Crippen LogP contribution in [-0.2, 0) is 22.6 Å². The van der Waals surface area contributed by atoms with Gasteiger partial charge in [0.25, 0.3) is 17.7 Å². The van der Waals surface area contributed by atoms with Crippen LogP contribution in [-0.4, -0.2) is 68.8 Å². The van der Waals surface area contributed by atoms with E-state index in [-0.39, 0.29) is 36.3 Å². The molecule has 274 valence electrons. The van der Waals surface area contributed by atoms with E-state index in [0.717, 1.165) is 47.6 Å². The van der Waals surface area contributed by atoms with Crippen molar-refractivity contribution in [3.8, 4) is 11.4 Å². The molecule has 0 aliphatic carbocycles. The Bertz CT molecular complexity index is 2130. The number of aromatic nitrogens is 2. The molecule has 1 aliphatic heterocycles. The first-order valence-electron chi connectivity index (χ1n) is 18.5. The minimum Gasteiger partial charge on any atom is -0.483 e. The molecule has 1 aliphatic rings. The summed E-state index contributed by atoms with van der Waals surface area (Å²) in [6.45, 7) is 8.84. The summed E-state index contributed by atoms with van der Waals surface area (Å²) >= 11 is 0. The Morgan fingerprint density at radius 3 is 2.30 bits per heavy atom. The van der Waals surface area contributed by atoms with Crippen LogP contribution in [0.25, 0.3) is 16.5 Å². The molecular weight excluding hydrogens is 667 g/mol. The summed E-state index contributed by atoms with van der Waals surface area (Å²) in [7, 11) is 0. The van der Waals surface area contributed by atoms with Crippen molar-refractivity contribution in [1.82, 2.24) is 19.6 Å². The first kappa shape index (κ1) is 37.0. The highest BCUT2D eigenvalue weighted by Crippen LogP contribution is 2.30. The SMILES string of the molecule is CCCCN(CCCC)C(=O)c1cc(C)n(-c2ccc(NC(=O)COc3cccc4ccccc34)cc2C(=O)N2Cc3ccccc3CC2C(C)=O)n1.